The molecule has 1 saturated carbocycles. The fraction of sp³-hybridized carbons (Fsp3) is 0.600. The van der Waals surface area contributed by atoms with Gasteiger partial charge < -0.3 is 5.11 Å². The van der Waals surface area contributed by atoms with E-state index in [1.165, 1.54) is 0 Å². The third-order valence-electron chi connectivity index (χ3n) is 4.28. The molecule has 4 nitrogen and oxygen atoms in total. The molecule has 2 N–H and O–H groups in total. The second-order valence-corrected chi connectivity index (χ2v) is 7.27. The Labute approximate surface area is 121 Å². The molecule has 1 aliphatic carbocycles. The van der Waals surface area contributed by atoms with Gasteiger partial charge in [-0.25, -0.2) is 13.1 Å². The molecule has 1 aromatic rings. The van der Waals surface area contributed by atoms with Crippen LogP contribution in [-0.2, 0) is 10.0 Å². The molecule has 20 heavy (non-hydrogen) atoms. The molecule has 0 aliphatic heterocycles. The molecule has 1 fully saturated rings. The highest BCUT2D eigenvalue weighted by molar-refractivity contribution is 7.89. The highest BCUT2D eigenvalue weighted by Gasteiger charge is 2.39. The lowest BCUT2D eigenvalue weighted by molar-refractivity contribution is 0.173. The van der Waals surface area contributed by atoms with Crippen LogP contribution < -0.4 is 4.72 Å². The Morgan fingerprint density at radius 1 is 1.35 bits per heavy atom. The van der Waals surface area contributed by atoms with Crippen LogP contribution in [0.5, 0.6) is 0 Å². The van der Waals surface area contributed by atoms with Gasteiger partial charge in [-0.3, -0.25) is 0 Å². The number of aliphatic hydroxyl groups is 1. The average molecular weight is 297 g/mol. The molecule has 112 valence electrons. The van der Waals surface area contributed by atoms with Crippen LogP contribution in [0.3, 0.4) is 0 Å². The summed E-state index contributed by atoms with van der Waals surface area (Å²) in [6.07, 6.45) is 3.64. The third-order valence-corrected chi connectivity index (χ3v) is 5.85. The fourth-order valence-corrected chi connectivity index (χ4v) is 4.19. The highest BCUT2D eigenvalue weighted by atomic mass is 32.2. The van der Waals surface area contributed by atoms with Crippen LogP contribution in [0.15, 0.2) is 29.2 Å². The molecular formula is C15H23NO3S. The quantitative estimate of drug-likeness (QED) is 0.848. The predicted octanol–water partition coefficient (Wildman–Crippen LogP) is 2.74. The molecule has 0 spiro atoms. The van der Waals surface area contributed by atoms with Crippen molar-refractivity contribution in [3.8, 4) is 0 Å². The lowest BCUT2D eigenvalue weighted by Crippen LogP contribution is -2.52. The van der Waals surface area contributed by atoms with Gasteiger partial charge in [0.05, 0.1) is 11.0 Å². The van der Waals surface area contributed by atoms with Crippen molar-refractivity contribution in [2.75, 3.05) is 0 Å². The van der Waals surface area contributed by atoms with Gasteiger partial charge in [-0.2, -0.15) is 0 Å². The van der Waals surface area contributed by atoms with Crippen molar-refractivity contribution < 1.29 is 13.5 Å². The first-order valence-electron chi connectivity index (χ1n) is 7.24. The maximum absolute atomic E-state index is 12.5. The maximum atomic E-state index is 12.5. The largest absolute Gasteiger partial charge is 0.388 e. The number of benzene rings is 1. The van der Waals surface area contributed by atoms with Gasteiger partial charge in [0.15, 0.2) is 0 Å². The summed E-state index contributed by atoms with van der Waals surface area (Å²) >= 11 is 0. The summed E-state index contributed by atoms with van der Waals surface area (Å²) in [5.41, 5.74) is 0.382. The van der Waals surface area contributed by atoms with Gasteiger partial charge in [-0.05, 0) is 49.8 Å². The van der Waals surface area contributed by atoms with Crippen LogP contribution in [0, 0.1) is 0 Å². The molecule has 0 amide bonds. The Bertz CT molecular complexity index is 559. The second-order valence-electron chi connectivity index (χ2n) is 5.59. The smallest absolute Gasteiger partial charge is 0.241 e. The lowest BCUT2D eigenvalue weighted by Gasteiger charge is -2.41. The van der Waals surface area contributed by atoms with Gasteiger partial charge in [-0.1, -0.05) is 26.0 Å². The van der Waals surface area contributed by atoms with Crippen molar-refractivity contribution in [1.82, 2.24) is 4.72 Å². The van der Waals surface area contributed by atoms with Gasteiger partial charge >= 0.3 is 0 Å². The van der Waals surface area contributed by atoms with E-state index in [-0.39, 0.29) is 10.4 Å². The first kappa shape index (κ1) is 15.5. The van der Waals surface area contributed by atoms with E-state index in [9.17, 15) is 13.5 Å². The first-order valence-corrected chi connectivity index (χ1v) is 8.73. The second kappa shape index (κ2) is 5.84. The monoisotopic (exact) mass is 297 g/mol. The summed E-state index contributed by atoms with van der Waals surface area (Å²) in [4.78, 5) is 0.238. The molecule has 5 heteroatoms. The summed E-state index contributed by atoms with van der Waals surface area (Å²) in [5, 5.41) is 9.84. The Morgan fingerprint density at radius 3 is 2.55 bits per heavy atom. The van der Waals surface area contributed by atoms with E-state index in [4.69, 9.17) is 0 Å². The number of hydrogen-bond acceptors (Lipinski definition) is 3. The zero-order chi connectivity index (χ0) is 14.8. The van der Waals surface area contributed by atoms with E-state index in [0.717, 1.165) is 25.7 Å². The summed E-state index contributed by atoms with van der Waals surface area (Å²) in [6.45, 7) is 3.88. The van der Waals surface area contributed by atoms with Gasteiger partial charge in [0, 0.05) is 5.54 Å². The summed E-state index contributed by atoms with van der Waals surface area (Å²) in [6, 6.07) is 6.59. The molecule has 1 atom stereocenters. The van der Waals surface area contributed by atoms with Crippen LogP contribution in [0.4, 0.5) is 0 Å². The van der Waals surface area contributed by atoms with Crippen LogP contribution >= 0.6 is 0 Å². The number of rotatable bonds is 6. The van der Waals surface area contributed by atoms with E-state index in [1.54, 1.807) is 24.3 Å². The number of aliphatic hydroxyl groups excluding tert-OH is 1. The molecule has 2 rings (SSSR count). The van der Waals surface area contributed by atoms with Gasteiger partial charge in [0.1, 0.15) is 0 Å². The molecular weight excluding hydrogens is 274 g/mol. The van der Waals surface area contributed by atoms with E-state index < -0.39 is 16.1 Å². The van der Waals surface area contributed by atoms with E-state index in [0.29, 0.717) is 12.0 Å². The molecule has 0 heterocycles. The zero-order valence-electron chi connectivity index (χ0n) is 12.1. The molecule has 1 unspecified atom stereocenters. The Hall–Kier alpha value is -0.910. The van der Waals surface area contributed by atoms with Crippen molar-refractivity contribution in [3.05, 3.63) is 29.8 Å². The molecule has 0 saturated heterocycles. The minimum atomic E-state index is -3.52. The van der Waals surface area contributed by atoms with Crippen LogP contribution in [0.1, 0.15) is 57.6 Å². The maximum Gasteiger partial charge on any atom is 0.241 e. The third kappa shape index (κ3) is 3.05. The number of nitrogens with one attached hydrogen (secondary N) is 1. The fourth-order valence-electron chi connectivity index (χ4n) is 2.60. The predicted molar refractivity (Wildman–Crippen MR) is 78.9 cm³/mol. The van der Waals surface area contributed by atoms with E-state index in [2.05, 4.69) is 4.72 Å². The Kier molecular flexibility index (Phi) is 4.52. The molecule has 0 aromatic heterocycles. The van der Waals surface area contributed by atoms with Gasteiger partial charge in [0.2, 0.25) is 10.0 Å². The highest BCUT2D eigenvalue weighted by Crippen LogP contribution is 2.36. The van der Waals surface area contributed by atoms with Crippen molar-refractivity contribution in [2.24, 2.45) is 0 Å². The van der Waals surface area contributed by atoms with E-state index >= 15 is 0 Å². The summed E-state index contributed by atoms with van der Waals surface area (Å²) < 4.78 is 27.8. The lowest BCUT2D eigenvalue weighted by atomic mass is 9.76. The SMILES string of the molecule is CCC(O)c1cccc(S(=O)(=O)NC2(CC)CCC2)c1. The van der Waals surface area contributed by atoms with E-state index in [1.807, 2.05) is 13.8 Å². The van der Waals surface area contributed by atoms with Crippen LogP contribution in [-0.4, -0.2) is 19.1 Å². The Balaban J connectivity index is 2.25. The zero-order valence-corrected chi connectivity index (χ0v) is 12.9. The van der Waals surface area contributed by atoms with Crippen molar-refractivity contribution >= 4 is 10.0 Å². The van der Waals surface area contributed by atoms with Gasteiger partial charge in [-0.15, -0.1) is 0 Å². The van der Waals surface area contributed by atoms with Crippen molar-refractivity contribution in [1.29, 1.82) is 0 Å². The first-order chi connectivity index (χ1) is 9.42. The average Bonchev–Trinajstić information content (AvgIpc) is 2.42. The van der Waals surface area contributed by atoms with Crippen molar-refractivity contribution in [3.63, 3.8) is 0 Å². The van der Waals surface area contributed by atoms with Crippen LogP contribution in [0.25, 0.3) is 0 Å². The summed E-state index contributed by atoms with van der Waals surface area (Å²) in [5.74, 6) is 0. The van der Waals surface area contributed by atoms with Crippen LogP contribution in [0.2, 0.25) is 0 Å². The number of hydrogen-bond donors (Lipinski definition) is 2. The molecule has 0 bridgehead atoms. The van der Waals surface area contributed by atoms with Gasteiger partial charge in [0.25, 0.3) is 0 Å². The molecule has 1 aliphatic rings. The topological polar surface area (TPSA) is 66.4 Å². The standard InChI is InChI=1S/C15H23NO3S/c1-3-14(17)12-7-5-8-13(11-12)20(18,19)16-15(4-2)9-6-10-15/h5,7-8,11,14,16-17H,3-4,6,9-10H2,1-2H3. The number of sulfonamides is 1. The molecule has 0 radical (unpaired) electrons. The van der Waals surface area contributed by atoms with Crippen molar-refractivity contribution in [2.45, 2.75) is 62.5 Å². The minimum absolute atomic E-state index is 0.238. The normalized spacial score (nSPS) is 19.4. The Morgan fingerprint density at radius 2 is 2.05 bits per heavy atom. The molecule has 1 aromatic carbocycles. The minimum Gasteiger partial charge on any atom is -0.388 e. The summed E-state index contributed by atoms with van der Waals surface area (Å²) in [7, 11) is -3.52.